The van der Waals surface area contributed by atoms with E-state index >= 15 is 0 Å². The molecule has 0 saturated heterocycles. The van der Waals surface area contributed by atoms with Crippen molar-refractivity contribution in [2.24, 2.45) is 0 Å². The average molecular weight is 325 g/mol. The lowest BCUT2D eigenvalue weighted by atomic mass is 9.78. The molecule has 0 bridgehead atoms. The zero-order chi connectivity index (χ0) is 17.0. The topological polar surface area (TPSA) is 41.5 Å². The Hall–Kier alpha value is -1.84. The van der Waals surface area contributed by atoms with Crippen molar-refractivity contribution in [1.29, 1.82) is 0 Å². The Bertz CT molecular complexity index is 662. The predicted molar refractivity (Wildman–Crippen MR) is 98.3 cm³/mol. The molecule has 0 aromatic heterocycles. The zero-order valence-electron chi connectivity index (χ0n) is 14.6. The number of hydrogen-bond acceptors (Lipinski definition) is 3. The minimum atomic E-state index is -0.402. The van der Waals surface area contributed by atoms with Gasteiger partial charge in [-0.1, -0.05) is 42.5 Å². The molecule has 0 radical (unpaired) electrons. The van der Waals surface area contributed by atoms with E-state index in [0.717, 1.165) is 49.1 Å². The Kier molecular flexibility index (Phi) is 5.22. The predicted octanol–water partition coefficient (Wildman–Crippen LogP) is 4.32. The van der Waals surface area contributed by atoms with Gasteiger partial charge in [-0.3, -0.25) is 0 Å². The fourth-order valence-corrected chi connectivity index (χ4v) is 3.31. The third-order valence-corrected chi connectivity index (χ3v) is 5.15. The van der Waals surface area contributed by atoms with Crippen molar-refractivity contribution in [3.05, 3.63) is 54.1 Å². The number of nitrogens with one attached hydrogen (secondary N) is 1. The van der Waals surface area contributed by atoms with Gasteiger partial charge in [0.2, 0.25) is 0 Å². The van der Waals surface area contributed by atoms with E-state index in [2.05, 4.69) is 42.6 Å². The first-order chi connectivity index (χ1) is 11.6. The first-order valence-electron chi connectivity index (χ1n) is 8.80. The molecule has 1 aliphatic carbocycles. The Morgan fingerprint density at radius 1 is 1.12 bits per heavy atom. The van der Waals surface area contributed by atoms with Crippen LogP contribution >= 0.6 is 0 Å². The zero-order valence-corrected chi connectivity index (χ0v) is 14.6. The molecule has 0 spiro atoms. The molecule has 3 rings (SSSR count). The summed E-state index contributed by atoms with van der Waals surface area (Å²) in [6.07, 6.45) is 3.92. The van der Waals surface area contributed by atoms with Crippen LogP contribution in [0.5, 0.6) is 5.75 Å². The minimum Gasteiger partial charge on any atom is -0.496 e. The van der Waals surface area contributed by atoms with Gasteiger partial charge in [-0.05, 0) is 56.3 Å². The normalized spacial score (nSPS) is 17.1. The molecule has 3 heteroatoms. The van der Waals surface area contributed by atoms with Crippen LogP contribution in [-0.4, -0.2) is 24.4 Å². The summed E-state index contributed by atoms with van der Waals surface area (Å²) in [6.45, 7) is 3.02. The smallest absolute Gasteiger partial charge is 0.126 e. The van der Waals surface area contributed by atoms with Gasteiger partial charge >= 0.3 is 0 Å². The number of aliphatic hydroxyl groups is 1. The summed E-state index contributed by atoms with van der Waals surface area (Å²) in [6, 6.07) is 17.0. The molecule has 2 N–H and O–H groups in total. The molecule has 2 aromatic rings. The van der Waals surface area contributed by atoms with Gasteiger partial charge in [-0.15, -0.1) is 0 Å². The maximum absolute atomic E-state index is 10.2. The Morgan fingerprint density at radius 3 is 2.46 bits per heavy atom. The number of benzene rings is 2. The quantitative estimate of drug-likeness (QED) is 0.796. The fourth-order valence-electron chi connectivity index (χ4n) is 3.31. The lowest BCUT2D eigenvalue weighted by Crippen LogP contribution is -2.39. The van der Waals surface area contributed by atoms with Gasteiger partial charge in [0.1, 0.15) is 5.75 Å². The van der Waals surface area contributed by atoms with E-state index in [-0.39, 0.29) is 6.04 Å². The number of ether oxygens (including phenoxy) is 1. The highest BCUT2D eigenvalue weighted by atomic mass is 16.5. The maximum Gasteiger partial charge on any atom is 0.126 e. The third-order valence-electron chi connectivity index (χ3n) is 5.15. The average Bonchev–Trinajstić information content (AvgIpc) is 2.60. The van der Waals surface area contributed by atoms with Crippen LogP contribution in [-0.2, 0) is 0 Å². The number of rotatable bonds is 7. The molecule has 0 amide bonds. The monoisotopic (exact) mass is 325 g/mol. The standard InChI is InChI=1S/C21H27NO2/c1-16(22-15-14-21(23)12-5-13-21)17-8-10-18(11-9-17)19-6-3-4-7-20(19)24-2/h3-4,6-11,16,22-23H,5,12-15H2,1-2H3. The van der Waals surface area contributed by atoms with E-state index in [1.807, 2.05) is 18.2 Å². The van der Waals surface area contributed by atoms with Crippen molar-refractivity contribution in [1.82, 2.24) is 5.32 Å². The van der Waals surface area contributed by atoms with Gasteiger partial charge in [0.05, 0.1) is 12.7 Å². The highest BCUT2D eigenvalue weighted by Crippen LogP contribution is 2.34. The van der Waals surface area contributed by atoms with Crippen LogP contribution < -0.4 is 10.1 Å². The molecule has 0 heterocycles. The highest BCUT2D eigenvalue weighted by molar-refractivity contribution is 5.70. The van der Waals surface area contributed by atoms with Crippen LogP contribution in [0.15, 0.2) is 48.5 Å². The Morgan fingerprint density at radius 2 is 1.83 bits per heavy atom. The molecule has 24 heavy (non-hydrogen) atoms. The van der Waals surface area contributed by atoms with Crippen LogP contribution in [0.1, 0.15) is 44.2 Å². The van der Waals surface area contributed by atoms with Gasteiger partial charge in [0.15, 0.2) is 0 Å². The first kappa shape index (κ1) is 17.0. The maximum atomic E-state index is 10.2. The summed E-state index contributed by atoms with van der Waals surface area (Å²) in [5.41, 5.74) is 3.13. The summed E-state index contributed by atoms with van der Waals surface area (Å²) < 4.78 is 5.44. The van der Waals surface area contributed by atoms with Crippen LogP contribution in [0.2, 0.25) is 0 Å². The van der Waals surface area contributed by atoms with Crippen LogP contribution in [0.4, 0.5) is 0 Å². The molecule has 0 aliphatic heterocycles. The van der Waals surface area contributed by atoms with Gasteiger partial charge in [0.25, 0.3) is 0 Å². The van der Waals surface area contributed by atoms with E-state index in [4.69, 9.17) is 4.74 Å². The second kappa shape index (κ2) is 7.37. The van der Waals surface area contributed by atoms with Crippen LogP contribution in [0, 0.1) is 0 Å². The fraction of sp³-hybridized carbons (Fsp3) is 0.429. The molecule has 1 saturated carbocycles. The molecule has 2 aromatic carbocycles. The summed E-state index contributed by atoms with van der Waals surface area (Å²) in [4.78, 5) is 0. The second-order valence-electron chi connectivity index (χ2n) is 6.83. The molecular weight excluding hydrogens is 298 g/mol. The largest absolute Gasteiger partial charge is 0.496 e. The summed E-state index contributed by atoms with van der Waals surface area (Å²) in [5.74, 6) is 0.894. The first-order valence-corrected chi connectivity index (χ1v) is 8.80. The summed E-state index contributed by atoms with van der Waals surface area (Å²) >= 11 is 0. The lowest BCUT2D eigenvalue weighted by molar-refractivity contribution is -0.0398. The molecule has 1 aliphatic rings. The van der Waals surface area contributed by atoms with E-state index in [9.17, 15) is 5.11 Å². The molecular formula is C21H27NO2. The van der Waals surface area contributed by atoms with Crippen molar-refractivity contribution >= 4 is 0 Å². The van der Waals surface area contributed by atoms with Crippen LogP contribution in [0.25, 0.3) is 11.1 Å². The second-order valence-corrected chi connectivity index (χ2v) is 6.83. The van der Waals surface area contributed by atoms with Gasteiger partial charge in [0, 0.05) is 11.6 Å². The van der Waals surface area contributed by atoms with Crippen molar-refractivity contribution in [3.63, 3.8) is 0 Å². The number of methoxy groups -OCH3 is 1. The molecule has 1 fully saturated rings. The van der Waals surface area contributed by atoms with Gasteiger partial charge in [-0.25, -0.2) is 0 Å². The summed E-state index contributed by atoms with van der Waals surface area (Å²) in [7, 11) is 1.70. The summed E-state index contributed by atoms with van der Waals surface area (Å²) in [5, 5.41) is 13.7. The Balaban J connectivity index is 1.61. The van der Waals surface area contributed by atoms with E-state index < -0.39 is 5.60 Å². The third kappa shape index (κ3) is 3.80. The highest BCUT2D eigenvalue weighted by Gasteiger charge is 2.33. The van der Waals surface area contributed by atoms with Crippen molar-refractivity contribution in [2.75, 3.05) is 13.7 Å². The van der Waals surface area contributed by atoms with Crippen LogP contribution in [0.3, 0.4) is 0 Å². The van der Waals surface area contributed by atoms with Crippen molar-refractivity contribution in [3.8, 4) is 16.9 Å². The Labute approximate surface area is 144 Å². The van der Waals surface area contributed by atoms with E-state index in [1.54, 1.807) is 7.11 Å². The minimum absolute atomic E-state index is 0.278. The number of para-hydroxylation sites is 1. The molecule has 1 unspecified atom stereocenters. The van der Waals surface area contributed by atoms with E-state index in [0.29, 0.717) is 0 Å². The van der Waals surface area contributed by atoms with Crippen molar-refractivity contribution < 1.29 is 9.84 Å². The van der Waals surface area contributed by atoms with Gasteiger partial charge in [-0.2, -0.15) is 0 Å². The van der Waals surface area contributed by atoms with Gasteiger partial charge < -0.3 is 15.2 Å². The molecule has 128 valence electrons. The van der Waals surface area contributed by atoms with Crippen molar-refractivity contribution in [2.45, 2.75) is 44.2 Å². The molecule has 1 atom stereocenters. The SMILES string of the molecule is COc1ccccc1-c1ccc(C(C)NCCC2(O)CCC2)cc1. The molecule has 3 nitrogen and oxygen atoms in total. The number of hydrogen-bond donors (Lipinski definition) is 2. The van der Waals surface area contributed by atoms with E-state index in [1.165, 1.54) is 5.56 Å². The lowest BCUT2D eigenvalue weighted by Gasteiger charge is -2.37.